The first-order valence-corrected chi connectivity index (χ1v) is 9.13. The molecule has 122 valence electrons. The first kappa shape index (κ1) is 15.7. The highest BCUT2D eigenvalue weighted by molar-refractivity contribution is 7.15. The molecule has 0 spiro atoms. The Kier molecular flexibility index (Phi) is 4.68. The Morgan fingerprint density at radius 3 is 2.73 bits per heavy atom. The van der Waals surface area contributed by atoms with Gasteiger partial charge >= 0.3 is 6.03 Å². The normalized spacial score (nSPS) is 20.5. The third kappa shape index (κ3) is 3.13. The first-order valence-electron chi connectivity index (χ1n) is 8.31. The number of aliphatic hydroxyl groups is 1. The number of anilines is 1. The Balaban J connectivity index is 1.58. The highest BCUT2D eigenvalue weighted by Crippen LogP contribution is 2.35. The van der Waals surface area contributed by atoms with Crippen LogP contribution in [0.2, 0.25) is 0 Å². The molecule has 1 aliphatic heterocycles. The lowest BCUT2D eigenvalue weighted by molar-refractivity contribution is 0.0542. The predicted molar refractivity (Wildman–Crippen MR) is 88.4 cm³/mol. The number of nitrogens with one attached hydrogen (secondary N) is 1. The quantitative estimate of drug-likeness (QED) is 0.898. The fourth-order valence-corrected chi connectivity index (χ4v) is 4.42. The molecule has 2 heterocycles. The highest BCUT2D eigenvalue weighted by Gasteiger charge is 2.34. The SMILES string of the molecule is CCC1(CO)CCN(C(=O)Nc2nc3c(s2)CCCC3)CC1. The van der Waals surface area contributed by atoms with Crippen LogP contribution >= 0.6 is 11.3 Å². The summed E-state index contributed by atoms with van der Waals surface area (Å²) in [7, 11) is 0. The van der Waals surface area contributed by atoms with Gasteiger partial charge in [0.1, 0.15) is 0 Å². The molecule has 3 rings (SSSR count). The number of aryl methyl sites for hydroxylation is 2. The van der Waals surface area contributed by atoms with E-state index in [1.807, 2.05) is 4.90 Å². The number of piperidine rings is 1. The van der Waals surface area contributed by atoms with E-state index in [0.29, 0.717) is 13.1 Å². The number of nitrogens with zero attached hydrogens (tertiary/aromatic N) is 2. The van der Waals surface area contributed by atoms with E-state index in [0.717, 1.165) is 37.2 Å². The number of carbonyl (C=O) groups excluding carboxylic acids is 1. The van der Waals surface area contributed by atoms with Crippen LogP contribution in [0.5, 0.6) is 0 Å². The van der Waals surface area contributed by atoms with Crippen LogP contribution in [0.1, 0.15) is 49.6 Å². The standard InChI is InChI=1S/C16H25N3O2S/c1-2-16(11-20)7-9-19(10-8-16)15(21)18-14-17-12-5-3-4-6-13(12)22-14/h20H,2-11H2,1H3,(H,17,18,21). The highest BCUT2D eigenvalue weighted by atomic mass is 32.1. The summed E-state index contributed by atoms with van der Waals surface area (Å²) in [5.41, 5.74) is 1.19. The predicted octanol–water partition coefficient (Wildman–Crippen LogP) is 3.04. The van der Waals surface area contributed by atoms with Crippen molar-refractivity contribution >= 4 is 22.5 Å². The Morgan fingerprint density at radius 1 is 1.36 bits per heavy atom. The molecule has 0 atom stereocenters. The van der Waals surface area contributed by atoms with E-state index in [9.17, 15) is 9.90 Å². The van der Waals surface area contributed by atoms with Gasteiger partial charge in [-0.05, 0) is 50.4 Å². The van der Waals surface area contributed by atoms with E-state index < -0.39 is 0 Å². The van der Waals surface area contributed by atoms with E-state index >= 15 is 0 Å². The largest absolute Gasteiger partial charge is 0.396 e. The number of likely N-dealkylation sites (tertiary alicyclic amines) is 1. The van der Waals surface area contributed by atoms with Crippen molar-refractivity contribution < 1.29 is 9.90 Å². The lowest BCUT2D eigenvalue weighted by Gasteiger charge is -2.40. The van der Waals surface area contributed by atoms with Crippen LogP contribution in [0.3, 0.4) is 0 Å². The average Bonchev–Trinajstić information content (AvgIpc) is 2.97. The lowest BCUT2D eigenvalue weighted by Crippen LogP contribution is -2.46. The van der Waals surface area contributed by atoms with Crippen molar-refractivity contribution in [1.29, 1.82) is 0 Å². The minimum atomic E-state index is -0.0475. The van der Waals surface area contributed by atoms with Crippen molar-refractivity contribution in [2.45, 2.75) is 51.9 Å². The molecule has 1 aromatic rings. The molecule has 0 saturated carbocycles. The maximum atomic E-state index is 12.4. The molecule has 0 unspecified atom stereocenters. The second kappa shape index (κ2) is 6.54. The number of urea groups is 1. The van der Waals surface area contributed by atoms with E-state index in [4.69, 9.17) is 0 Å². The summed E-state index contributed by atoms with van der Waals surface area (Å²) in [6.07, 6.45) is 7.30. The molecular weight excluding hydrogens is 298 g/mol. The van der Waals surface area contributed by atoms with E-state index in [2.05, 4.69) is 17.2 Å². The monoisotopic (exact) mass is 323 g/mol. The first-order chi connectivity index (χ1) is 10.7. The molecule has 1 fully saturated rings. The summed E-state index contributed by atoms with van der Waals surface area (Å²) in [6.45, 7) is 3.76. The molecule has 1 aliphatic carbocycles. The summed E-state index contributed by atoms with van der Waals surface area (Å²) in [5, 5.41) is 13.3. The van der Waals surface area contributed by atoms with Gasteiger partial charge in [0.2, 0.25) is 0 Å². The summed E-state index contributed by atoms with van der Waals surface area (Å²) >= 11 is 1.63. The van der Waals surface area contributed by atoms with Crippen molar-refractivity contribution in [3.63, 3.8) is 0 Å². The number of rotatable bonds is 3. The Labute approximate surface area is 135 Å². The van der Waals surface area contributed by atoms with Gasteiger partial charge in [-0.15, -0.1) is 11.3 Å². The van der Waals surface area contributed by atoms with Gasteiger partial charge in [0, 0.05) is 24.6 Å². The molecular formula is C16H25N3O2S. The number of fused-ring (bicyclic) bond motifs is 1. The Bertz CT molecular complexity index is 506. The summed E-state index contributed by atoms with van der Waals surface area (Å²) < 4.78 is 0. The number of thiazole rings is 1. The average molecular weight is 323 g/mol. The number of hydrogen-bond donors (Lipinski definition) is 2. The second-order valence-electron chi connectivity index (χ2n) is 6.52. The number of aliphatic hydroxyl groups excluding tert-OH is 1. The third-order valence-corrected chi connectivity index (χ3v) is 6.33. The van der Waals surface area contributed by atoms with Gasteiger partial charge < -0.3 is 10.0 Å². The summed E-state index contributed by atoms with van der Waals surface area (Å²) in [6, 6.07) is -0.0475. The fraction of sp³-hybridized carbons (Fsp3) is 0.750. The number of amides is 2. The molecule has 5 nitrogen and oxygen atoms in total. The molecule has 0 aromatic carbocycles. The lowest BCUT2D eigenvalue weighted by atomic mass is 9.77. The Morgan fingerprint density at radius 2 is 2.09 bits per heavy atom. The van der Waals surface area contributed by atoms with Crippen LogP contribution in [0.4, 0.5) is 9.93 Å². The molecule has 0 bridgehead atoms. The Hall–Kier alpha value is -1.14. The van der Waals surface area contributed by atoms with Crippen LogP contribution in [0.15, 0.2) is 0 Å². The maximum Gasteiger partial charge on any atom is 0.323 e. The van der Waals surface area contributed by atoms with Crippen LogP contribution < -0.4 is 5.32 Å². The van der Waals surface area contributed by atoms with Crippen molar-refractivity contribution in [3.8, 4) is 0 Å². The number of carbonyl (C=O) groups is 1. The van der Waals surface area contributed by atoms with Crippen LogP contribution in [0, 0.1) is 5.41 Å². The van der Waals surface area contributed by atoms with E-state index in [1.54, 1.807) is 11.3 Å². The van der Waals surface area contributed by atoms with Crippen molar-refractivity contribution in [3.05, 3.63) is 10.6 Å². The minimum absolute atomic E-state index is 0.0110. The molecule has 1 aromatic heterocycles. The van der Waals surface area contributed by atoms with Crippen molar-refractivity contribution in [2.75, 3.05) is 25.0 Å². The van der Waals surface area contributed by atoms with Gasteiger partial charge in [0.05, 0.1) is 5.69 Å². The van der Waals surface area contributed by atoms with Gasteiger partial charge in [0.15, 0.2) is 5.13 Å². The maximum absolute atomic E-state index is 12.4. The molecule has 0 radical (unpaired) electrons. The minimum Gasteiger partial charge on any atom is -0.396 e. The molecule has 1 saturated heterocycles. The third-order valence-electron chi connectivity index (χ3n) is 5.26. The molecule has 2 aliphatic rings. The van der Waals surface area contributed by atoms with Gasteiger partial charge in [-0.1, -0.05) is 6.92 Å². The zero-order chi connectivity index (χ0) is 15.6. The summed E-state index contributed by atoms with van der Waals surface area (Å²) in [5.74, 6) is 0. The van der Waals surface area contributed by atoms with Gasteiger partial charge in [-0.25, -0.2) is 9.78 Å². The zero-order valence-corrected chi connectivity index (χ0v) is 14.0. The smallest absolute Gasteiger partial charge is 0.323 e. The summed E-state index contributed by atoms with van der Waals surface area (Å²) in [4.78, 5) is 20.1. The van der Waals surface area contributed by atoms with Crippen LogP contribution in [-0.4, -0.2) is 40.7 Å². The van der Waals surface area contributed by atoms with Gasteiger partial charge in [-0.3, -0.25) is 5.32 Å². The van der Waals surface area contributed by atoms with Gasteiger partial charge in [-0.2, -0.15) is 0 Å². The van der Waals surface area contributed by atoms with Crippen molar-refractivity contribution in [1.82, 2.24) is 9.88 Å². The molecule has 22 heavy (non-hydrogen) atoms. The molecule has 6 heteroatoms. The zero-order valence-electron chi connectivity index (χ0n) is 13.2. The molecule has 2 amide bonds. The number of hydrogen-bond acceptors (Lipinski definition) is 4. The topological polar surface area (TPSA) is 65.5 Å². The van der Waals surface area contributed by atoms with Crippen LogP contribution in [-0.2, 0) is 12.8 Å². The second-order valence-corrected chi connectivity index (χ2v) is 7.61. The van der Waals surface area contributed by atoms with Crippen molar-refractivity contribution in [2.24, 2.45) is 5.41 Å². The van der Waals surface area contributed by atoms with E-state index in [-0.39, 0.29) is 18.1 Å². The van der Waals surface area contributed by atoms with Gasteiger partial charge in [0.25, 0.3) is 0 Å². The molecule has 2 N–H and O–H groups in total. The number of aromatic nitrogens is 1. The van der Waals surface area contributed by atoms with Crippen LogP contribution in [0.25, 0.3) is 0 Å². The van der Waals surface area contributed by atoms with E-state index in [1.165, 1.54) is 23.4 Å². The fourth-order valence-electron chi connectivity index (χ4n) is 3.38.